The highest BCUT2D eigenvalue weighted by atomic mass is 35.5. The van der Waals surface area contributed by atoms with E-state index in [-0.39, 0.29) is 5.57 Å². The van der Waals surface area contributed by atoms with E-state index in [4.69, 9.17) is 11.6 Å². The van der Waals surface area contributed by atoms with Crippen LogP contribution in [0.3, 0.4) is 0 Å². The summed E-state index contributed by atoms with van der Waals surface area (Å²) in [6, 6.07) is 10.7. The number of benzene rings is 1. The van der Waals surface area contributed by atoms with Crippen LogP contribution in [-0.4, -0.2) is 10.9 Å². The van der Waals surface area contributed by atoms with Crippen LogP contribution in [0.15, 0.2) is 48.3 Å². The van der Waals surface area contributed by atoms with Gasteiger partial charge in [-0.15, -0.1) is 0 Å². The van der Waals surface area contributed by atoms with Gasteiger partial charge in [-0.25, -0.2) is 4.98 Å². The van der Waals surface area contributed by atoms with Crippen LogP contribution in [0.25, 0.3) is 0 Å². The van der Waals surface area contributed by atoms with Crippen LogP contribution in [0.5, 0.6) is 0 Å². The molecule has 6 heteroatoms. The van der Waals surface area contributed by atoms with E-state index in [0.29, 0.717) is 16.5 Å². The fourth-order valence-corrected chi connectivity index (χ4v) is 2.02. The predicted octanol–water partition coefficient (Wildman–Crippen LogP) is 3.81. The van der Waals surface area contributed by atoms with Crippen LogP contribution in [0.1, 0.15) is 11.1 Å². The number of aromatic nitrogens is 1. The number of hydrogen-bond donors (Lipinski definition) is 2. The SMILES string of the molecule is Cc1ccc(Cl)cc1NC(=O)/C(C#N)=C\Nc1ncccc1C. The molecule has 1 heterocycles. The van der Waals surface area contributed by atoms with E-state index in [0.717, 1.165) is 11.1 Å². The zero-order chi connectivity index (χ0) is 16.8. The summed E-state index contributed by atoms with van der Waals surface area (Å²) in [6.07, 6.45) is 2.97. The maximum Gasteiger partial charge on any atom is 0.267 e. The summed E-state index contributed by atoms with van der Waals surface area (Å²) in [5, 5.41) is 15.2. The average molecular weight is 327 g/mol. The van der Waals surface area contributed by atoms with Crippen molar-refractivity contribution in [2.75, 3.05) is 10.6 Å². The van der Waals surface area contributed by atoms with Crippen LogP contribution < -0.4 is 10.6 Å². The number of rotatable bonds is 4. The quantitative estimate of drug-likeness (QED) is 0.661. The van der Waals surface area contributed by atoms with Gasteiger partial charge >= 0.3 is 0 Å². The third kappa shape index (κ3) is 4.31. The van der Waals surface area contributed by atoms with Crippen LogP contribution in [-0.2, 0) is 4.79 Å². The van der Waals surface area contributed by atoms with Gasteiger partial charge in [0.2, 0.25) is 0 Å². The minimum atomic E-state index is -0.515. The lowest BCUT2D eigenvalue weighted by Gasteiger charge is -2.09. The molecule has 0 spiro atoms. The van der Waals surface area contributed by atoms with Gasteiger partial charge < -0.3 is 10.6 Å². The van der Waals surface area contributed by atoms with Crippen molar-refractivity contribution >= 4 is 29.0 Å². The lowest BCUT2D eigenvalue weighted by molar-refractivity contribution is -0.112. The third-order valence-corrected chi connectivity index (χ3v) is 3.41. The standard InChI is InChI=1S/C17H15ClN4O/c1-11-5-6-14(18)8-15(11)22-17(23)13(9-19)10-21-16-12(2)4-3-7-20-16/h3-8,10H,1-2H3,(H,20,21)(H,22,23)/b13-10-. The molecule has 2 N–H and O–H groups in total. The molecule has 0 unspecified atom stereocenters. The molecule has 0 saturated heterocycles. The zero-order valence-electron chi connectivity index (χ0n) is 12.7. The monoisotopic (exact) mass is 326 g/mol. The zero-order valence-corrected chi connectivity index (χ0v) is 13.5. The van der Waals surface area contributed by atoms with Gasteiger partial charge in [-0.3, -0.25) is 4.79 Å². The molecule has 0 bridgehead atoms. The second kappa shape index (κ2) is 7.43. The maximum atomic E-state index is 12.2. The van der Waals surface area contributed by atoms with E-state index in [9.17, 15) is 10.1 Å². The van der Waals surface area contributed by atoms with Crippen LogP contribution in [0, 0.1) is 25.2 Å². The van der Waals surface area contributed by atoms with Crippen molar-refractivity contribution in [1.29, 1.82) is 5.26 Å². The molecular formula is C17H15ClN4O. The Labute approximate surface area is 139 Å². The summed E-state index contributed by atoms with van der Waals surface area (Å²) in [4.78, 5) is 16.3. The van der Waals surface area contributed by atoms with E-state index in [2.05, 4.69) is 15.6 Å². The van der Waals surface area contributed by atoms with Gasteiger partial charge in [0.1, 0.15) is 17.5 Å². The van der Waals surface area contributed by atoms with Gasteiger partial charge in [-0.05, 0) is 43.2 Å². The van der Waals surface area contributed by atoms with Crippen molar-refractivity contribution in [3.63, 3.8) is 0 Å². The van der Waals surface area contributed by atoms with Gasteiger partial charge in [-0.1, -0.05) is 23.7 Å². The molecule has 1 aromatic heterocycles. The molecule has 0 aliphatic heterocycles. The topological polar surface area (TPSA) is 77.8 Å². The van der Waals surface area contributed by atoms with Crippen LogP contribution >= 0.6 is 11.6 Å². The number of amides is 1. The predicted molar refractivity (Wildman–Crippen MR) is 91.1 cm³/mol. The number of nitrogens with zero attached hydrogens (tertiary/aromatic N) is 2. The van der Waals surface area contributed by atoms with E-state index in [1.54, 1.807) is 24.4 Å². The van der Waals surface area contributed by atoms with Crippen molar-refractivity contribution < 1.29 is 4.79 Å². The van der Waals surface area contributed by atoms with E-state index < -0.39 is 5.91 Å². The number of carbonyl (C=O) groups is 1. The van der Waals surface area contributed by atoms with E-state index >= 15 is 0 Å². The first-order valence-electron chi connectivity index (χ1n) is 6.87. The summed E-state index contributed by atoms with van der Waals surface area (Å²) in [5.74, 6) is 0.0749. The number of pyridine rings is 1. The Morgan fingerprint density at radius 1 is 1.30 bits per heavy atom. The first kappa shape index (κ1) is 16.5. The summed E-state index contributed by atoms with van der Waals surface area (Å²) in [6.45, 7) is 3.72. The number of nitrogens with one attached hydrogen (secondary N) is 2. The Bertz CT molecular complexity index is 808. The van der Waals surface area contributed by atoms with Gasteiger partial charge in [0, 0.05) is 23.1 Å². The van der Waals surface area contributed by atoms with Crippen LogP contribution in [0.4, 0.5) is 11.5 Å². The summed E-state index contributed by atoms with van der Waals surface area (Å²) in [5.41, 5.74) is 2.27. The van der Waals surface area contributed by atoms with Gasteiger partial charge in [0.25, 0.3) is 5.91 Å². The first-order chi connectivity index (χ1) is 11.0. The molecule has 1 amide bonds. The molecule has 23 heavy (non-hydrogen) atoms. The molecule has 0 radical (unpaired) electrons. The number of aryl methyl sites for hydroxylation is 2. The van der Waals surface area contributed by atoms with Crippen molar-refractivity contribution in [1.82, 2.24) is 4.98 Å². The first-order valence-corrected chi connectivity index (χ1v) is 7.25. The van der Waals surface area contributed by atoms with Gasteiger partial charge in [-0.2, -0.15) is 5.26 Å². The number of hydrogen-bond acceptors (Lipinski definition) is 4. The lowest BCUT2D eigenvalue weighted by Crippen LogP contribution is -2.15. The fraction of sp³-hybridized carbons (Fsp3) is 0.118. The van der Waals surface area contributed by atoms with E-state index in [1.165, 1.54) is 6.20 Å². The third-order valence-electron chi connectivity index (χ3n) is 3.18. The second-order valence-corrected chi connectivity index (χ2v) is 5.33. The Morgan fingerprint density at radius 3 is 2.78 bits per heavy atom. The fourth-order valence-electron chi connectivity index (χ4n) is 1.84. The number of nitriles is 1. The molecule has 0 fully saturated rings. The largest absolute Gasteiger partial charge is 0.345 e. The van der Waals surface area contributed by atoms with Crippen LogP contribution in [0.2, 0.25) is 5.02 Å². The molecule has 0 atom stereocenters. The van der Waals surface area contributed by atoms with Crippen molar-refractivity contribution in [3.05, 3.63) is 64.5 Å². The van der Waals surface area contributed by atoms with Crippen molar-refractivity contribution in [2.24, 2.45) is 0 Å². The highest BCUT2D eigenvalue weighted by Gasteiger charge is 2.11. The maximum absolute atomic E-state index is 12.2. The van der Waals surface area contributed by atoms with Crippen molar-refractivity contribution in [3.8, 4) is 6.07 Å². The summed E-state index contributed by atoms with van der Waals surface area (Å²) < 4.78 is 0. The Morgan fingerprint density at radius 2 is 2.09 bits per heavy atom. The number of anilines is 2. The molecule has 1 aromatic carbocycles. The average Bonchev–Trinajstić information content (AvgIpc) is 2.53. The normalized spacial score (nSPS) is 10.8. The number of carbonyl (C=O) groups excluding carboxylic acids is 1. The molecule has 0 aliphatic rings. The molecule has 2 aromatic rings. The highest BCUT2D eigenvalue weighted by molar-refractivity contribution is 6.31. The molecule has 0 saturated carbocycles. The molecular weight excluding hydrogens is 312 g/mol. The molecule has 0 aliphatic carbocycles. The Balaban J connectivity index is 2.16. The second-order valence-electron chi connectivity index (χ2n) is 4.90. The molecule has 116 valence electrons. The van der Waals surface area contributed by atoms with E-state index in [1.807, 2.05) is 32.0 Å². The summed E-state index contributed by atoms with van der Waals surface area (Å²) >= 11 is 5.92. The molecule has 2 rings (SSSR count). The molecule has 5 nitrogen and oxygen atoms in total. The smallest absolute Gasteiger partial charge is 0.267 e. The minimum Gasteiger partial charge on any atom is -0.345 e. The lowest BCUT2D eigenvalue weighted by atomic mass is 10.2. The summed E-state index contributed by atoms with van der Waals surface area (Å²) in [7, 11) is 0. The highest BCUT2D eigenvalue weighted by Crippen LogP contribution is 2.20. The Hall–Kier alpha value is -2.84. The van der Waals surface area contributed by atoms with Gasteiger partial charge in [0.15, 0.2) is 0 Å². The van der Waals surface area contributed by atoms with Crippen molar-refractivity contribution in [2.45, 2.75) is 13.8 Å². The number of halogens is 1. The Kier molecular flexibility index (Phi) is 5.34. The van der Waals surface area contributed by atoms with Gasteiger partial charge in [0.05, 0.1) is 0 Å². The minimum absolute atomic E-state index is 0.0607.